The second-order valence-corrected chi connectivity index (χ2v) is 12.7. The van der Waals surface area contributed by atoms with Crippen LogP contribution in [-0.4, -0.2) is 14.5 Å². The highest BCUT2D eigenvalue weighted by molar-refractivity contribution is 6.19. The molecule has 2 aliphatic carbocycles. The SMILES string of the molecule is CC1CC=CC=C1C1=Cc2c(n(-c3ccc4nc5c6c(nccc6c4c3)-c3ccccc3N5c3ccccc3)c3ccccc23)C1. The average molecular weight is 591 g/mol. The van der Waals surface area contributed by atoms with Crippen molar-refractivity contribution in [3.05, 3.63) is 150 Å². The van der Waals surface area contributed by atoms with Crippen molar-refractivity contribution in [3.8, 4) is 16.9 Å². The van der Waals surface area contributed by atoms with Gasteiger partial charge in [0.2, 0.25) is 0 Å². The van der Waals surface area contributed by atoms with Crippen LogP contribution < -0.4 is 4.90 Å². The number of fused-ring (bicyclic) bond motifs is 7. The van der Waals surface area contributed by atoms with Crippen LogP contribution in [0.5, 0.6) is 0 Å². The van der Waals surface area contributed by atoms with Gasteiger partial charge in [-0.15, -0.1) is 0 Å². The topological polar surface area (TPSA) is 34.0 Å². The molecular formula is C42H30N4. The number of hydrogen-bond donors (Lipinski definition) is 0. The Hall–Kier alpha value is -5.74. The normalized spacial score (nSPS) is 16.5. The minimum Gasteiger partial charge on any atom is -0.313 e. The van der Waals surface area contributed by atoms with Gasteiger partial charge in [-0.1, -0.05) is 79.7 Å². The van der Waals surface area contributed by atoms with Gasteiger partial charge in [-0.25, -0.2) is 4.98 Å². The lowest BCUT2D eigenvalue weighted by Crippen LogP contribution is -2.17. The van der Waals surface area contributed by atoms with Crippen molar-refractivity contribution in [2.45, 2.75) is 19.8 Å². The summed E-state index contributed by atoms with van der Waals surface area (Å²) in [6.07, 6.45) is 13.2. The van der Waals surface area contributed by atoms with Gasteiger partial charge >= 0.3 is 0 Å². The van der Waals surface area contributed by atoms with Crippen LogP contribution in [0.25, 0.3) is 55.6 Å². The van der Waals surface area contributed by atoms with Gasteiger partial charge in [0.1, 0.15) is 5.82 Å². The molecule has 1 unspecified atom stereocenters. The van der Waals surface area contributed by atoms with E-state index in [1.165, 1.54) is 38.7 Å². The van der Waals surface area contributed by atoms with Crippen LogP contribution in [0.15, 0.2) is 139 Å². The first-order valence-electron chi connectivity index (χ1n) is 16.1. The Balaban J connectivity index is 1.20. The summed E-state index contributed by atoms with van der Waals surface area (Å²) in [7, 11) is 0. The Bertz CT molecular complexity index is 2500. The van der Waals surface area contributed by atoms with Crippen LogP contribution in [0.3, 0.4) is 0 Å². The summed E-state index contributed by atoms with van der Waals surface area (Å²) >= 11 is 0. The maximum Gasteiger partial charge on any atom is 0.148 e. The quantitative estimate of drug-likeness (QED) is 0.192. The van der Waals surface area contributed by atoms with E-state index in [1.807, 2.05) is 6.20 Å². The Morgan fingerprint density at radius 1 is 0.783 bits per heavy atom. The summed E-state index contributed by atoms with van der Waals surface area (Å²) in [5.74, 6) is 1.46. The molecule has 1 aliphatic heterocycles. The van der Waals surface area contributed by atoms with Gasteiger partial charge in [-0.05, 0) is 83.5 Å². The minimum atomic E-state index is 0.536. The van der Waals surface area contributed by atoms with Gasteiger partial charge < -0.3 is 4.57 Å². The zero-order valence-electron chi connectivity index (χ0n) is 25.5. The van der Waals surface area contributed by atoms with Crippen molar-refractivity contribution in [1.82, 2.24) is 14.5 Å². The number of rotatable bonds is 3. The maximum atomic E-state index is 5.38. The van der Waals surface area contributed by atoms with E-state index in [0.717, 1.165) is 63.3 Å². The van der Waals surface area contributed by atoms with Crippen molar-refractivity contribution in [1.29, 1.82) is 0 Å². The van der Waals surface area contributed by atoms with Crippen molar-refractivity contribution < 1.29 is 0 Å². The molecule has 3 aromatic heterocycles. The van der Waals surface area contributed by atoms with Crippen molar-refractivity contribution in [3.63, 3.8) is 0 Å². The molecule has 218 valence electrons. The largest absolute Gasteiger partial charge is 0.313 e. The first-order valence-corrected chi connectivity index (χ1v) is 16.1. The van der Waals surface area contributed by atoms with Gasteiger partial charge in [-0.3, -0.25) is 9.88 Å². The summed E-state index contributed by atoms with van der Waals surface area (Å²) in [6.45, 7) is 2.34. The van der Waals surface area contributed by atoms with Crippen LogP contribution in [0.2, 0.25) is 0 Å². The molecule has 1 atom stereocenters. The molecule has 10 rings (SSSR count). The first kappa shape index (κ1) is 25.6. The second kappa shape index (κ2) is 9.63. The third-order valence-corrected chi connectivity index (χ3v) is 10.1. The molecule has 3 aliphatic rings. The third-order valence-electron chi connectivity index (χ3n) is 10.1. The highest BCUT2D eigenvalue weighted by Crippen LogP contribution is 2.50. The standard InChI is InChI=1S/C42H30N4/c1-26-11-5-6-14-30(26)27-23-35-31-15-7-9-17-37(31)45(39(35)24-27)29-19-20-36-34(25-29)32-21-22-43-41-33-16-8-10-18-38(33)46(42(44-36)40(32)41)28-12-3-2-4-13-28/h2-10,12-23,25-26H,11,24H2,1H3. The van der Waals surface area contributed by atoms with E-state index in [2.05, 4.69) is 144 Å². The van der Waals surface area contributed by atoms with Gasteiger partial charge in [0.15, 0.2) is 0 Å². The summed E-state index contributed by atoms with van der Waals surface area (Å²) in [4.78, 5) is 12.6. The maximum absolute atomic E-state index is 5.38. The van der Waals surface area contributed by atoms with Crippen LogP contribution in [0.4, 0.5) is 17.2 Å². The predicted molar refractivity (Wildman–Crippen MR) is 190 cm³/mol. The van der Waals surface area contributed by atoms with Crippen LogP contribution in [-0.2, 0) is 6.42 Å². The molecule has 4 nitrogen and oxygen atoms in total. The zero-order chi connectivity index (χ0) is 30.4. The number of aromatic nitrogens is 3. The van der Waals surface area contributed by atoms with Crippen LogP contribution >= 0.6 is 0 Å². The molecule has 0 N–H and O–H groups in total. The van der Waals surface area contributed by atoms with Crippen molar-refractivity contribution in [2.24, 2.45) is 5.92 Å². The molecule has 0 bridgehead atoms. The summed E-state index contributed by atoms with van der Waals surface area (Å²) in [6, 6.07) is 36.9. The molecule has 4 heterocycles. The fraction of sp³-hybridized carbons (Fsp3) is 0.0952. The van der Waals surface area contributed by atoms with Gasteiger partial charge in [0, 0.05) is 51.6 Å². The number of para-hydroxylation sites is 3. The van der Waals surface area contributed by atoms with E-state index >= 15 is 0 Å². The second-order valence-electron chi connectivity index (χ2n) is 12.7. The predicted octanol–water partition coefficient (Wildman–Crippen LogP) is 10.6. The van der Waals surface area contributed by atoms with Gasteiger partial charge in [0.25, 0.3) is 0 Å². The smallest absolute Gasteiger partial charge is 0.148 e. The summed E-state index contributed by atoms with van der Waals surface area (Å²) in [5.41, 5.74) is 13.3. The summed E-state index contributed by atoms with van der Waals surface area (Å²) < 4.78 is 2.48. The molecule has 0 fully saturated rings. The first-order chi connectivity index (χ1) is 22.7. The number of anilines is 3. The number of nitrogens with zero attached hydrogens (tertiary/aromatic N) is 4. The number of allylic oxidation sites excluding steroid dienone is 5. The molecule has 4 aromatic carbocycles. The molecule has 0 amide bonds. The fourth-order valence-corrected chi connectivity index (χ4v) is 7.95. The average Bonchev–Trinajstić information content (AvgIpc) is 3.66. The Morgan fingerprint density at radius 3 is 2.54 bits per heavy atom. The molecular weight excluding hydrogens is 560 g/mol. The lowest BCUT2D eigenvalue weighted by atomic mass is 9.87. The molecule has 0 spiro atoms. The van der Waals surface area contributed by atoms with E-state index in [-0.39, 0.29) is 0 Å². The lowest BCUT2D eigenvalue weighted by Gasteiger charge is -2.32. The zero-order valence-corrected chi connectivity index (χ0v) is 25.5. The van der Waals surface area contributed by atoms with E-state index < -0.39 is 0 Å². The third kappa shape index (κ3) is 3.55. The summed E-state index contributed by atoms with van der Waals surface area (Å²) in [5, 5.41) is 4.70. The van der Waals surface area contributed by atoms with E-state index in [4.69, 9.17) is 9.97 Å². The van der Waals surface area contributed by atoms with Crippen LogP contribution in [0.1, 0.15) is 24.6 Å². The Labute approximate surface area is 267 Å². The Morgan fingerprint density at radius 2 is 1.63 bits per heavy atom. The molecule has 4 heteroatoms. The fourth-order valence-electron chi connectivity index (χ4n) is 7.95. The Kier molecular flexibility index (Phi) is 5.35. The lowest BCUT2D eigenvalue weighted by molar-refractivity contribution is 0.690. The highest BCUT2D eigenvalue weighted by Gasteiger charge is 2.30. The molecule has 46 heavy (non-hydrogen) atoms. The van der Waals surface area contributed by atoms with Gasteiger partial charge in [0.05, 0.1) is 27.8 Å². The highest BCUT2D eigenvalue weighted by atomic mass is 15.2. The number of hydrogen-bond acceptors (Lipinski definition) is 3. The monoisotopic (exact) mass is 590 g/mol. The van der Waals surface area contributed by atoms with Gasteiger partial charge in [-0.2, -0.15) is 0 Å². The molecule has 0 radical (unpaired) electrons. The minimum absolute atomic E-state index is 0.536. The van der Waals surface area contributed by atoms with Crippen molar-refractivity contribution >= 4 is 55.8 Å². The van der Waals surface area contributed by atoms with Crippen LogP contribution in [0, 0.1) is 5.92 Å². The van der Waals surface area contributed by atoms with E-state index in [0.29, 0.717) is 5.92 Å². The van der Waals surface area contributed by atoms with E-state index in [9.17, 15) is 0 Å². The molecule has 7 aromatic rings. The molecule has 0 saturated carbocycles. The van der Waals surface area contributed by atoms with E-state index in [1.54, 1.807) is 0 Å². The molecule has 0 saturated heterocycles. The van der Waals surface area contributed by atoms with Crippen molar-refractivity contribution in [2.75, 3.05) is 4.90 Å². The number of pyridine rings is 2. The number of benzene rings is 4.